The fraction of sp³-hybridized carbons (Fsp3) is 0.304. The molecule has 1 amide bonds. The Morgan fingerprint density at radius 3 is 2.63 bits per heavy atom. The standard InChI is InChI=1S/C23H24N2O2/c1-15-13-17(16-7-3-2-4-8-16)11-12-20(15)25-23(27)19-14-24-21-10-6-5-9-18(21)22(19)26/h5-6,9-14,16H,2-4,7-8H2,1H3,(H,24,26)(H,25,27). The van der Waals surface area contributed by atoms with Crippen molar-refractivity contribution in [3.8, 4) is 0 Å². The summed E-state index contributed by atoms with van der Waals surface area (Å²) in [6.45, 7) is 2.01. The highest BCUT2D eigenvalue weighted by molar-refractivity contribution is 6.06. The molecule has 0 aliphatic heterocycles. The summed E-state index contributed by atoms with van der Waals surface area (Å²) in [5.74, 6) is 0.251. The lowest BCUT2D eigenvalue weighted by molar-refractivity contribution is 0.102. The van der Waals surface area contributed by atoms with Gasteiger partial charge in [-0.05, 0) is 55.0 Å². The van der Waals surface area contributed by atoms with E-state index in [1.165, 1.54) is 43.9 Å². The Hall–Kier alpha value is -2.88. The average molecular weight is 360 g/mol. The van der Waals surface area contributed by atoms with Gasteiger partial charge < -0.3 is 10.3 Å². The van der Waals surface area contributed by atoms with E-state index in [-0.39, 0.29) is 16.9 Å². The quantitative estimate of drug-likeness (QED) is 0.679. The number of aromatic amines is 1. The predicted octanol–water partition coefficient (Wildman–Crippen LogP) is 5.14. The smallest absolute Gasteiger partial charge is 0.261 e. The van der Waals surface area contributed by atoms with Crippen molar-refractivity contribution in [2.75, 3.05) is 5.32 Å². The lowest BCUT2D eigenvalue weighted by atomic mass is 9.83. The first-order valence-corrected chi connectivity index (χ1v) is 9.66. The van der Waals surface area contributed by atoms with Crippen LogP contribution < -0.4 is 10.7 Å². The number of amides is 1. The molecule has 0 spiro atoms. The van der Waals surface area contributed by atoms with Gasteiger partial charge in [-0.1, -0.05) is 43.5 Å². The number of carbonyl (C=O) groups excluding carboxylic acids is 1. The lowest BCUT2D eigenvalue weighted by Gasteiger charge is -2.23. The van der Waals surface area contributed by atoms with Crippen LogP contribution in [0.5, 0.6) is 0 Å². The number of hydrogen-bond acceptors (Lipinski definition) is 2. The van der Waals surface area contributed by atoms with Crippen LogP contribution in [-0.2, 0) is 0 Å². The maximum atomic E-state index is 12.7. The number of pyridine rings is 1. The number of nitrogens with one attached hydrogen (secondary N) is 2. The van der Waals surface area contributed by atoms with Crippen molar-refractivity contribution >= 4 is 22.5 Å². The van der Waals surface area contributed by atoms with Crippen LogP contribution in [-0.4, -0.2) is 10.9 Å². The number of carbonyl (C=O) groups is 1. The van der Waals surface area contributed by atoms with Crippen LogP contribution in [0.1, 0.15) is 59.5 Å². The Morgan fingerprint density at radius 1 is 1.07 bits per heavy atom. The highest BCUT2D eigenvalue weighted by Gasteiger charge is 2.17. The van der Waals surface area contributed by atoms with Gasteiger partial charge in [-0.15, -0.1) is 0 Å². The molecule has 2 aromatic carbocycles. The van der Waals surface area contributed by atoms with E-state index < -0.39 is 0 Å². The summed E-state index contributed by atoms with van der Waals surface area (Å²) in [6.07, 6.45) is 7.92. The SMILES string of the molecule is Cc1cc(C2CCCCC2)ccc1NC(=O)c1c[nH]c2ccccc2c1=O. The van der Waals surface area contributed by atoms with Crippen molar-refractivity contribution in [2.45, 2.75) is 44.9 Å². The van der Waals surface area contributed by atoms with Crippen molar-refractivity contribution < 1.29 is 4.79 Å². The normalized spacial score (nSPS) is 15.0. The number of fused-ring (bicyclic) bond motifs is 1. The Morgan fingerprint density at radius 2 is 1.85 bits per heavy atom. The van der Waals surface area contributed by atoms with Crippen LogP contribution in [0, 0.1) is 6.92 Å². The molecule has 27 heavy (non-hydrogen) atoms. The fourth-order valence-electron chi connectivity index (χ4n) is 4.04. The number of aromatic nitrogens is 1. The number of aryl methyl sites for hydroxylation is 1. The van der Waals surface area contributed by atoms with Crippen LogP contribution in [0.4, 0.5) is 5.69 Å². The molecule has 4 nitrogen and oxygen atoms in total. The zero-order valence-corrected chi connectivity index (χ0v) is 15.5. The number of rotatable bonds is 3. The van der Waals surface area contributed by atoms with Crippen LogP contribution in [0.25, 0.3) is 10.9 Å². The molecule has 3 aromatic rings. The second-order valence-electron chi connectivity index (χ2n) is 7.44. The number of anilines is 1. The third-order valence-electron chi connectivity index (χ3n) is 5.61. The highest BCUT2D eigenvalue weighted by Crippen LogP contribution is 2.34. The van der Waals surface area contributed by atoms with Gasteiger partial charge in [0.15, 0.2) is 0 Å². The average Bonchev–Trinajstić information content (AvgIpc) is 2.70. The van der Waals surface area contributed by atoms with Crippen LogP contribution in [0.15, 0.2) is 53.5 Å². The highest BCUT2D eigenvalue weighted by atomic mass is 16.2. The Bertz CT molecular complexity index is 1050. The van der Waals surface area contributed by atoms with E-state index >= 15 is 0 Å². The Balaban J connectivity index is 1.58. The summed E-state index contributed by atoms with van der Waals surface area (Å²) in [4.78, 5) is 28.3. The molecule has 138 valence electrons. The maximum Gasteiger partial charge on any atom is 0.261 e. The molecular formula is C23H24N2O2. The molecule has 0 atom stereocenters. The van der Waals surface area contributed by atoms with E-state index in [0.717, 1.165) is 16.8 Å². The summed E-state index contributed by atoms with van der Waals surface area (Å²) in [5.41, 5.74) is 3.75. The van der Waals surface area contributed by atoms with Gasteiger partial charge in [0.05, 0.1) is 0 Å². The van der Waals surface area contributed by atoms with Gasteiger partial charge in [0.2, 0.25) is 5.43 Å². The molecule has 4 rings (SSSR count). The molecule has 1 heterocycles. The minimum absolute atomic E-state index is 0.129. The van der Waals surface area contributed by atoms with Gasteiger partial charge >= 0.3 is 0 Å². The molecule has 0 unspecified atom stereocenters. The van der Waals surface area contributed by atoms with E-state index in [9.17, 15) is 9.59 Å². The fourth-order valence-corrected chi connectivity index (χ4v) is 4.04. The molecule has 1 saturated carbocycles. The molecule has 2 N–H and O–H groups in total. The van der Waals surface area contributed by atoms with Gasteiger partial charge in [0.1, 0.15) is 5.56 Å². The van der Waals surface area contributed by atoms with Crippen molar-refractivity contribution in [1.29, 1.82) is 0 Å². The first kappa shape index (κ1) is 17.5. The number of hydrogen-bond donors (Lipinski definition) is 2. The summed E-state index contributed by atoms with van der Waals surface area (Å²) in [7, 11) is 0. The van der Waals surface area contributed by atoms with Crippen LogP contribution >= 0.6 is 0 Å². The monoisotopic (exact) mass is 360 g/mol. The van der Waals surface area contributed by atoms with E-state index in [2.05, 4.69) is 22.4 Å². The molecular weight excluding hydrogens is 336 g/mol. The molecule has 1 aliphatic carbocycles. The Labute approximate surface area is 158 Å². The molecule has 1 aliphatic rings. The van der Waals surface area contributed by atoms with Crippen LogP contribution in [0.2, 0.25) is 0 Å². The minimum atomic E-state index is -0.379. The van der Waals surface area contributed by atoms with Crippen LogP contribution in [0.3, 0.4) is 0 Å². The second-order valence-corrected chi connectivity index (χ2v) is 7.44. The molecule has 4 heteroatoms. The van der Waals surface area contributed by atoms with Gasteiger partial charge in [-0.25, -0.2) is 0 Å². The summed E-state index contributed by atoms with van der Waals surface area (Å²) >= 11 is 0. The molecule has 0 saturated heterocycles. The van der Waals surface area contributed by atoms with E-state index in [1.54, 1.807) is 12.1 Å². The van der Waals surface area contributed by atoms with E-state index in [4.69, 9.17) is 0 Å². The second kappa shape index (κ2) is 7.39. The molecule has 0 bridgehead atoms. The van der Waals surface area contributed by atoms with Crippen molar-refractivity contribution in [3.63, 3.8) is 0 Å². The van der Waals surface area contributed by atoms with E-state index in [1.807, 2.05) is 25.1 Å². The minimum Gasteiger partial charge on any atom is -0.360 e. The zero-order valence-electron chi connectivity index (χ0n) is 15.5. The third kappa shape index (κ3) is 3.52. The van der Waals surface area contributed by atoms with Gasteiger partial charge in [0, 0.05) is 22.8 Å². The molecule has 0 radical (unpaired) electrons. The van der Waals surface area contributed by atoms with Gasteiger partial charge in [-0.3, -0.25) is 9.59 Å². The summed E-state index contributed by atoms with van der Waals surface area (Å²) < 4.78 is 0. The van der Waals surface area contributed by atoms with Gasteiger partial charge in [0.25, 0.3) is 5.91 Å². The largest absolute Gasteiger partial charge is 0.360 e. The maximum absolute atomic E-state index is 12.7. The lowest BCUT2D eigenvalue weighted by Crippen LogP contribution is -2.22. The Kier molecular flexibility index (Phi) is 4.80. The third-order valence-corrected chi connectivity index (χ3v) is 5.61. The summed E-state index contributed by atoms with van der Waals surface area (Å²) in [6, 6.07) is 13.5. The summed E-state index contributed by atoms with van der Waals surface area (Å²) in [5, 5.41) is 3.43. The van der Waals surface area contributed by atoms with Crippen molar-refractivity contribution in [3.05, 3.63) is 75.6 Å². The first-order valence-electron chi connectivity index (χ1n) is 9.66. The zero-order chi connectivity index (χ0) is 18.8. The molecule has 1 aromatic heterocycles. The number of para-hydroxylation sites is 1. The predicted molar refractivity (Wildman–Crippen MR) is 110 cm³/mol. The van der Waals surface area contributed by atoms with Crippen molar-refractivity contribution in [2.24, 2.45) is 0 Å². The van der Waals surface area contributed by atoms with Crippen molar-refractivity contribution in [1.82, 2.24) is 4.98 Å². The van der Waals surface area contributed by atoms with E-state index in [0.29, 0.717) is 11.3 Å². The topological polar surface area (TPSA) is 62.0 Å². The number of benzene rings is 2. The number of H-pyrrole nitrogens is 1. The first-order chi connectivity index (χ1) is 13.1. The molecule has 1 fully saturated rings. The van der Waals surface area contributed by atoms with Gasteiger partial charge in [-0.2, -0.15) is 0 Å².